The number of aromatic amines is 1. The molecule has 3 heterocycles. The van der Waals surface area contributed by atoms with Crippen molar-refractivity contribution in [2.75, 3.05) is 59.3 Å². The van der Waals surface area contributed by atoms with E-state index in [0.717, 1.165) is 6.26 Å². The number of para-hydroxylation sites is 2. The summed E-state index contributed by atoms with van der Waals surface area (Å²) in [6.45, 7) is 7.27. The van der Waals surface area contributed by atoms with E-state index < -0.39 is 21.4 Å². The van der Waals surface area contributed by atoms with Crippen LogP contribution >= 0.6 is 0 Å². The number of fused-ring (bicyclic) bond motifs is 1. The Kier molecular flexibility index (Phi) is 8.06. The number of benzene rings is 2. The minimum absolute atomic E-state index is 0.213. The minimum Gasteiger partial charge on any atom is -0.444 e. The van der Waals surface area contributed by atoms with Gasteiger partial charge in [0.15, 0.2) is 0 Å². The first-order chi connectivity index (χ1) is 20.3. The Labute approximate surface area is 249 Å². The van der Waals surface area contributed by atoms with Gasteiger partial charge in [0.2, 0.25) is 16.0 Å². The van der Waals surface area contributed by atoms with Gasteiger partial charge in [0.1, 0.15) is 22.9 Å². The fourth-order valence-electron chi connectivity index (χ4n) is 4.68. The van der Waals surface area contributed by atoms with Gasteiger partial charge < -0.3 is 30.2 Å². The summed E-state index contributed by atoms with van der Waals surface area (Å²) in [6, 6.07) is 13.6. The van der Waals surface area contributed by atoms with Crippen LogP contribution in [0.4, 0.5) is 43.7 Å². The van der Waals surface area contributed by atoms with Crippen molar-refractivity contribution >= 4 is 61.7 Å². The van der Waals surface area contributed by atoms with E-state index in [-0.39, 0.29) is 12.0 Å². The molecule has 43 heavy (non-hydrogen) atoms. The second kappa shape index (κ2) is 11.6. The van der Waals surface area contributed by atoms with Crippen molar-refractivity contribution in [1.29, 1.82) is 0 Å². The van der Waals surface area contributed by atoms with Gasteiger partial charge in [-0.3, -0.25) is 4.31 Å². The zero-order chi connectivity index (χ0) is 30.9. The van der Waals surface area contributed by atoms with Gasteiger partial charge in [-0.25, -0.2) is 17.6 Å². The van der Waals surface area contributed by atoms with Gasteiger partial charge in [-0.1, -0.05) is 12.1 Å². The Morgan fingerprint density at radius 2 is 1.77 bits per heavy atom. The first-order valence-electron chi connectivity index (χ1n) is 13.7. The summed E-state index contributed by atoms with van der Waals surface area (Å²) >= 11 is 0. The number of amides is 1. The number of aromatic nitrogens is 3. The summed E-state index contributed by atoms with van der Waals surface area (Å²) < 4.78 is 46.4. The van der Waals surface area contributed by atoms with Crippen LogP contribution in [0.3, 0.4) is 0 Å². The lowest BCUT2D eigenvalue weighted by Crippen LogP contribution is -2.50. The van der Waals surface area contributed by atoms with E-state index in [0.29, 0.717) is 65.8 Å². The second-order valence-corrected chi connectivity index (χ2v) is 13.3. The number of anilines is 6. The maximum atomic E-state index is 15.3. The third-order valence-corrected chi connectivity index (χ3v) is 8.08. The van der Waals surface area contributed by atoms with Crippen LogP contribution in [-0.2, 0) is 14.8 Å². The van der Waals surface area contributed by atoms with Gasteiger partial charge in [0, 0.05) is 45.1 Å². The van der Waals surface area contributed by atoms with Crippen molar-refractivity contribution in [2.45, 2.75) is 26.4 Å². The van der Waals surface area contributed by atoms with Crippen molar-refractivity contribution in [2.24, 2.45) is 0 Å². The number of sulfonamides is 1. The Morgan fingerprint density at radius 1 is 1.05 bits per heavy atom. The number of carbonyl (C=O) groups is 1. The lowest BCUT2D eigenvalue weighted by Gasteiger charge is -2.36. The first-order valence-corrected chi connectivity index (χ1v) is 15.6. The number of rotatable bonds is 7. The Morgan fingerprint density at radius 3 is 2.44 bits per heavy atom. The van der Waals surface area contributed by atoms with Crippen LogP contribution in [0.1, 0.15) is 20.8 Å². The highest BCUT2D eigenvalue weighted by molar-refractivity contribution is 7.92. The quantitative estimate of drug-likeness (QED) is 0.263. The van der Waals surface area contributed by atoms with Crippen LogP contribution in [0, 0.1) is 5.82 Å². The van der Waals surface area contributed by atoms with Crippen LogP contribution in [0.5, 0.6) is 0 Å². The third kappa shape index (κ3) is 6.91. The third-order valence-electron chi connectivity index (χ3n) is 6.89. The number of ether oxygens (including phenoxy) is 1. The van der Waals surface area contributed by atoms with Gasteiger partial charge in [-0.15, -0.1) is 0 Å². The molecule has 0 radical (unpaired) electrons. The number of piperazine rings is 1. The molecule has 4 aromatic rings. The molecule has 1 aliphatic rings. The monoisotopic (exact) mass is 610 g/mol. The molecule has 0 aliphatic carbocycles. The van der Waals surface area contributed by atoms with E-state index in [4.69, 9.17) is 4.74 Å². The average molecular weight is 611 g/mol. The highest BCUT2D eigenvalue weighted by Gasteiger charge is 2.27. The van der Waals surface area contributed by atoms with Crippen LogP contribution in [0.2, 0.25) is 0 Å². The van der Waals surface area contributed by atoms with Crippen molar-refractivity contribution < 1.29 is 22.3 Å². The van der Waals surface area contributed by atoms with E-state index in [1.807, 2.05) is 25.7 Å². The smallest absolute Gasteiger partial charge is 0.410 e. The van der Waals surface area contributed by atoms with E-state index in [2.05, 4.69) is 25.6 Å². The molecule has 228 valence electrons. The normalized spacial score (nSPS) is 14.1. The number of H-pyrrole nitrogens is 1. The zero-order valence-corrected chi connectivity index (χ0v) is 25.5. The first kappa shape index (κ1) is 29.9. The van der Waals surface area contributed by atoms with Gasteiger partial charge in [-0.2, -0.15) is 9.97 Å². The summed E-state index contributed by atoms with van der Waals surface area (Å²) in [5.41, 5.74) is 1.82. The predicted molar refractivity (Wildman–Crippen MR) is 167 cm³/mol. The number of hydrogen-bond donors (Lipinski definition) is 3. The minimum atomic E-state index is -3.50. The molecule has 0 unspecified atom stereocenters. The lowest BCUT2D eigenvalue weighted by atomic mass is 10.2. The number of hydrogen-bond acceptors (Lipinski definition) is 9. The van der Waals surface area contributed by atoms with Crippen molar-refractivity contribution in [1.82, 2.24) is 19.9 Å². The highest BCUT2D eigenvalue weighted by atomic mass is 32.2. The summed E-state index contributed by atoms with van der Waals surface area (Å²) in [6.07, 6.45) is 2.49. The molecule has 1 saturated heterocycles. The molecule has 1 aliphatic heterocycles. The van der Waals surface area contributed by atoms with Crippen LogP contribution in [-0.4, -0.2) is 79.4 Å². The Balaban J connectivity index is 1.33. The summed E-state index contributed by atoms with van der Waals surface area (Å²) in [5, 5.41) is 6.99. The standard InChI is InChI=1S/C29H35FN8O4S/c1-29(2,3)42-28(39)38-16-14-37(15-17-38)23-11-10-19(18-21(23)30)32-27-34-25-20(12-13-31-25)26(35-27)33-22-8-6-7-9-24(22)36(4)43(5,40)41/h6-13,18H,14-17H2,1-5H3,(H3,31,32,33,34,35). The number of nitrogens with zero attached hydrogens (tertiary/aromatic N) is 5. The van der Waals surface area contributed by atoms with Crippen molar-refractivity contribution in [3.05, 3.63) is 60.5 Å². The Bertz CT molecular complexity index is 1750. The zero-order valence-electron chi connectivity index (χ0n) is 24.7. The maximum Gasteiger partial charge on any atom is 0.410 e. The second-order valence-electron chi connectivity index (χ2n) is 11.3. The lowest BCUT2D eigenvalue weighted by molar-refractivity contribution is 0.0240. The molecule has 14 heteroatoms. The van der Waals surface area contributed by atoms with Crippen molar-refractivity contribution in [3.8, 4) is 0 Å². The Hall–Kier alpha value is -4.59. The molecule has 0 spiro atoms. The average Bonchev–Trinajstić information content (AvgIpc) is 3.41. The molecule has 0 bridgehead atoms. The van der Waals surface area contributed by atoms with Crippen LogP contribution in [0.25, 0.3) is 11.0 Å². The van der Waals surface area contributed by atoms with Gasteiger partial charge >= 0.3 is 6.09 Å². The van der Waals surface area contributed by atoms with Gasteiger partial charge in [0.25, 0.3) is 0 Å². The molecular weight excluding hydrogens is 575 g/mol. The number of nitrogens with one attached hydrogen (secondary N) is 3. The van der Waals surface area contributed by atoms with Crippen LogP contribution in [0.15, 0.2) is 54.7 Å². The fourth-order valence-corrected chi connectivity index (χ4v) is 5.20. The SMILES string of the molecule is CN(c1ccccc1Nc1nc(Nc2ccc(N3CCN(C(=O)OC(C)(C)C)CC3)c(F)c2)nc2[nH]ccc12)S(C)(=O)=O. The maximum absolute atomic E-state index is 15.3. The largest absolute Gasteiger partial charge is 0.444 e. The summed E-state index contributed by atoms with van der Waals surface area (Å²) in [4.78, 5) is 28.1. The molecular formula is C29H35FN8O4S. The predicted octanol–water partition coefficient (Wildman–Crippen LogP) is 5.04. The number of carbonyl (C=O) groups excluding carboxylic acids is 1. The van der Waals surface area contributed by atoms with Crippen LogP contribution < -0.4 is 19.8 Å². The van der Waals surface area contributed by atoms with Gasteiger partial charge in [-0.05, 0) is 57.2 Å². The highest BCUT2D eigenvalue weighted by Crippen LogP contribution is 2.32. The topological polar surface area (TPSA) is 136 Å². The molecule has 5 rings (SSSR count). The molecule has 1 fully saturated rings. The molecule has 2 aromatic heterocycles. The summed E-state index contributed by atoms with van der Waals surface area (Å²) in [7, 11) is -2.02. The number of halogens is 1. The molecule has 3 N–H and O–H groups in total. The summed E-state index contributed by atoms with van der Waals surface area (Å²) in [5.74, 6) is 0.223. The van der Waals surface area contributed by atoms with E-state index in [1.165, 1.54) is 17.4 Å². The molecule has 0 atom stereocenters. The van der Waals surface area contributed by atoms with Crippen molar-refractivity contribution in [3.63, 3.8) is 0 Å². The fraction of sp³-hybridized carbons (Fsp3) is 0.345. The molecule has 2 aromatic carbocycles. The molecule has 1 amide bonds. The van der Waals surface area contributed by atoms with E-state index in [1.54, 1.807) is 53.6 Å². The molecule has 0 saturated carbocycles. The van der Waals surface area contributed by atoms with Gasteiger partial charge in [0.05, 0.1) is 28.7 Å². The molecule has 12 nitrogen and oxygen atoms in total. The van der Waals surface area contributed by atoms with E-state index >= 15 is 4.39 Å². The van der Waals surface area contributed by atoms with E-state index in [9.17, 15) is 13.2 Å².